The fraction of sp³-hybridized carbons (Fsp3) is 0.455. The average molecular weight is 606 g/mol. The lowest BCUT2D eigenvalue weighted by molar-refractivity contribution is -0.0493. The van der Waals surface area contributed by atoms with Crippen molar-refractivity contribution in [3.63, 3.8) is 0 Å². The van der Waals surface area contributed by atoms with Crippen LogP contribution in [0.2, 0.25) is 0 Å². The first-order valence-corrected chi connectivity index (χ1v) is 15.3. The summed E-state index contributed by atoms with van der Waals surface area (Å²) in [5, 5.41) is 2.44. The molecule has 0 radical (unpaired) electrons. The zero-order chi connectivity index (χ0) is 31.6. The van der Waals surface area contributed by atoms with Crippen molar-refractivity contribution in [3.05, 3.63) is 71.6 Å². The first kappa shape index (κ1) is 31.6. The minimum atomic E-state index is -2.62. The molecule has 0 bridgehead atoms. The van der Waals surface area contributed by atoms with Crippen molar-refractivity contribution in [1.82, 2.24) is 24.4 Å². The molecule has 1 aliphatic heterocycles. The molecule has 4 heterocycles. The summed E-state index contributed by atoms with van der Waals surface area (Å²) in [5.41, 5.74) is 16.4. The van der Waals surface area contributed by atoms with Crippen LogP contribution in [-0.4, -0.2) is 77.7 Å². The Morgan fingerprint density at radius 1 is 1.02 bits per heavy atom. The molecule has 1 aromatic carbocycles. The summed E-state index contributed by atoms with van der Waals surface area (Å²) in [4.78, 5) is 14.9. The monoisotopic (exact) mass is 605 g/mol. The van der Waals surface area contributed by atoms with E-state index in [0.717, 1.165) is 65.2 Å². The zero-order valence-electron chi connectivity index (χ0n) is 26.2. The largest absolute Gasteiger partial charge is 0.401 e. The molecule has 4 aromatic rings. The van der Waals surface area contributed by atoms with Gasteiger partial charge >= 0.3 is 0 Å². The van der Waals surface area contributed by atoms with Gasteiger partial charge in [0.2, 0.25) is 5.92 Å². The van der Waals surface area contributed by atoms with Gasteiger partial charge in [0.1, 0.15) is 11.5 Å². The van der Waals surface area contributed by atoms with Crippen molar-refractivity contribution in [3.8, 4) is 0 Å². The Bertz CT molecular complexity index is 1590. The van der Waals surface area contributed by atoms with E-state index >= 15 is 0 Å². The van der Waals surface area contributed by atoms with Gasteiger partial charge in [-0.1, -0.05) is 30.3 Å². The molecule has 1 saturated carbocycles. The summed E-state index contributed by atoms with van der Waals surface area (Å²) in [7, 11) is 5.39. The predicted octanol–water partition coefficient (Wildman–Crippen LogP) is 4.78. The van der Waals surface area contributed by atoms with E-state index < -0.39 is 5.92 Å². The second-order valence-corrected chi connectivity index (χ2v) is 12.0. The van der Waals surface area contributed by atoms with Crippen LogP contribution in [0.1, 0.15) is 49.8 Å². The van der Waals surface area contributed by atoms with Crippen LogP contribution in [0.5, 0.6) is 0 Å². The maximum atomic E-state index is 14.4. The van der Waals surface area contributed by atoms with Crippen LogP contribution in [-0.2, 0) is 0 Å². The standard InChI is InChI=1S/C32H40F2N8.CH5N/c1-21(35)29(40(3)36)24-19-26-28(37-20-24)25-9-10-27(41-17-15-39(2)16-18-41)38-31(25)42(26)30(22-7-5-4-6-8-22)23-11-13-32(33,34)14-12-23;1-2/h4-10,19-20,23,30H,11-18,35-36H2,1-3H3;2H2,1H3/b29-21-;. The van der Waals surface area contributed by atoms with E-state index in [9.17, 15) is 8.78 Å². The molecular formula is C33H45F2N9. The number of nitrogens with zero attached hydrogens (tertiary/aromatic N) is 6. The van der Waals surface area contributed by atoms with Crippen molar-refractivity contribution in [2.75, 3.05) is 52.2 Å². The van der Waals surface area contributed by atoms with E-state index in [4.69, 9.17) is 21.5 Å². The van der Waals surface area contributed by atoms with Crippen molar-refractivity contribution >= 4 is 33.6 Å². The van der Waals surface area contributed by atoms with E-state index in [1.54, 1.807) is 13.2 Å². The number of aromatic nitrogens is 3. The third-order valence-electron chi connectivity index (χ3n) is 8.93. The van der Waals surface area contributed by atoms with Crippen LogP contribution in [0.4, 0.5) is 14.6 Å². The van der Waals surface area contributed by atoms with E-state index in [-0.39, 0.29) is 24.8 Å². The molecule has 0 amide bonds. The van der Waals surface area contributed by atoms with Crippen molar-refractivity contribution in [2.24, 2.45) is 23.2 Å². The highest BCUT2D eigenvalue weighted by molar-refractivity contribution is 6.05. The van der Waals surface area contributed by atoms with Gasteiger partial charge in [-0.2, -0.15) is 0 Å². The molecular weight excluding hydrogens is 560 g/mol. The predicted molar refractivity (Wildman–Crippen MR) is 175 cm³/mol. The number of hydrogen-bond donors (Lipinski definition) is 3. The Morgan fingerprint density at radius 3 is 2.30 bits per heavy atom. The quantitative estimate of drug-likeness (QED) is 0.212. The molecule has 6 rings (SSSR count). The number of fused-ring (bicyclic) bond motifs is 3. The fourth-order valence-electron chi connectivity index (χ4n) is 6.76. The lowest BCUT2D eigenvalue weighted by atomic mass is 9.79. The van der Waals surface area contributed by atoms with Gasteiger partial charge < -0.3 is 30.8 Å². The highest BCUT2D eigenvalue weighted by Gasteiger charge is 2.39. The highest BCUT2D eigenvalue weighted by atomic mass is 19.3. The van der Waals surface area contributed by atoms with Crippen LogP contribution < -0.4 is 22.2 Å². The van der Waals surface area contributed by atoms with Crippen LogP contribution in [0.25, 0.3) is 27.8 Å². The Labute approximate surface area is 258 Å². The number of allylic oxidation sites excluding steroid dienone is 1. The molecule has 9 nitrogen and oxygen atoms in total. The minimum absolute atomic E-state index is 0.00649. The summed E-state index contributed by atoms with van der Waals surface area (Å²) in [6.07, 6.45) is 2.43. The molecule has 1 unspecified atom stereocenters. The fourth-order valence-corrected chi connectivity index (χ4v) is 6.76. The van der Waals surface area contributed by atoms with Gasteiger partial charge in [-0.05, 0) is 63.5 Å². The molecule has 1 aliphatic carbocycles. The topological polar surface area (TPSA) is 118 Å². The smallest absolute Gasteiger partial charge is 0.248 e. The van der Waals surface area contributed by atoms with E-state index in [2.05, 4.69) is 57.5 Å². The van der Waals surface area contributed by atoms with Gasteiger partial charge in [0, 0.05) is 68.9 Å². The molecule has 236 valence electrons. The summed E-state index contributed by atoms with van der Waals surface area (Å²) < 4.78 is 31.1. The van der Waals surface area contributed by atoms with Gasteiger partial charge in [-0.3, -0.25) is 4.98 Å². The molecule has 2 aliphatic rings. The van der Waals surface area contributed by atoms with Gasteiger partial charge in [0.05, 0.1) is 22.8 Å². The number of likely N-dealkylation sites (N-methyl/N-ethyl adjacent to an activating group) is 1. The van der Waals surface area contributed by atoms with Gasteiger partial charge in [-0.25, -0.2) is 19.6 Å². The number of nitrogens with two attached hydrogens (primary N) is 3. The number of piperazine rings is 1. The zero-order valence-corrected chi connectivity index (χ0v) is 26.2. The molecule has 0 spiro atoms. The number of anilines is 1. The average Bonchev–Trinajstić information content (AvgIpc) is 3.32. The molecule has 6 N–H and O–H groups in total. The number of pyridine rings is 2. The van der Waals surface area contributed by atoms with Crippen molar-refractivity contribution in [2.45, 2.75) is 44.6 Å². The van der Waals surface area contributed by atoms with E-state index in [1.807, 2.05) is 25.1 Å². The molecule has 3 aromatic heterocycles. The summed E-state index contributed by atoms with van der Waals surface area (Å²) >= 11 is 0. The Balaban J connectivity index is 0.00000188. The lowest BCUT2D eigenvalue weighted by Gasteiger charge is -2.36. The SMILES string of the molecule is C/C(N)=C(\c1cnc2c3ccc(N4CCN(C)CC4)nc3n(C(c3ccccc3)C3CCC(F)(F)CC3)c2c1)N(C)N.CN. The van der Waals surface area contributed by atoms with E-state index in [1.165, 1.54) is 12.1 Å². The number of halogens is 2. The summed E-state index contributed by atoms with van der Waals surface area (Å²) in [6.45, 7) is 5.54. The minimum Gasteiger partial charge on any atom is -0.401 e. The summed E-state index contributed by atoms with van der Waals surface area (Å²) in [6, 6.07) is 16.3. The van der Waals surface area contributed by atoms with Gasteiger partial charge in [0.25, 0.3) is 0 Å². The number of hydrogen-bond acceptors (Lipinski definition) is 8. The van der Waals surface area contributed by atoms with E-state index in [0.29, 0.717) is 24.2 Å². The second kappa shape index (κ2) is 13.1. The van der Waals surface area contributed by atoms with Gasteiger partial charge in [-0.15, -0.1) is 0 Å². The first-order valence-electron chi connectivity index (χ1n) is 15.3. The molecule has 44 heavy (non-hydrogen) atoms. The lowest BCUT2D eigenvalue weighted by Crippen LogP contribution is -2.44. The van der Waals surface area contributed by atoms with Crippen molar-refractivity contribution in [1.29, 1.82) is 0 Å². The Morgan fingerprint density at radius 2 is 1.68 bits per heavy atom. The first-order chi connectivity index (χ1) is 21.1. The third-order valence-corrected chi connectivity index (χ3v) is 8.93. The van der Waals surface area contributed by atoms with Crippen LogP contribution in [0.3, 0.4) is 0 Å². The van der Waals surface area contributed by atoms with Crippen molar-refractivity contribution < 1.29 is 8.78 Å². The third kappa shape index (κ3) is 6.22. The molecule has 2 fully saturated rings. The number of rotatable bonds is 6. The highest BCUT2D eigenvalue weighted by Crippen LogP contribution is 2.46. The number of benzene rings is 1. The maximum absolute atomic E-state index is 14.4. The van der Waals surface area contributed by atoms with Crippen LogP contribution in [0.15, 0.2) is 60.4 Å². The normalized spacial score (nSPS) is 19.0. The number of hydrazine groups is 1. The Hall–Kier alpha value is -3.80. The molecule has 11 heteroatoms. The number of alkyl halides is 2. The molecule has 1 atom stereocenters. The van der Waals surface area contributed by atoms with Gasteiger partial charge in [0.15, 0.2) is 0 Å². The second-order valence-electron chi connectivity index (χ2n) is 12.0. The Kier molecular flexibility index (Phi) is 9.38. The summed E-state index contributed by atoms with van der Waals surface area (Å²) in [5.74, 6) is 4.50. The molecule has 1 saturated heterocycles. The van der Waals surface area contributed by atoms with Crippen LogP contribution in [0, 0.1) is 5.92 Å². The van der Waals surface area contributed by atoms with Crippen LogP contribution >= 0.6 is 0 Å². The maximum Gasteiger partial charge on any atom is 0.248 e.